The van der Waals surface area contributed by atoms with E-state index >= 15 is 0 Å². The molecule has 1 aromatic carbocycles. The molecule has 0 aliphatic carbocycles. The maximum atomic E-state index is 8.85. The number of hydrogen-bond acceptors (Lipinski definition) is 2. The van der Waals surface area contributed by atoms with Gasteiger partial charge in [-0.3, -0.25) is 0 Å². The van der Waals surface area contributed by atoms with Gasteiger partial charge >= 0.3 is 0 Å². The Morgan fingerprint density at radius 1 is 1.58 bits per heavy atom. The van der Waals surface area contributed by atoms with Gasteiger partial charge in [-0.25, -0.2) is 0 Å². The third kappa shape index (κ3) is 1.28. The maximum absolute atomic E-state index is 8.85. The quantitative estimate of drug-likeness (QED) is 0.719. The molecule has 0 spiro atoms. The van der Waals surface area contributed by atoms with Crippen LogP contribution in [0.15, 0.2) is 18.2 Å². The largest absolute Gasteiger partial charge is 0.487 e. The SMILES string of the molecule is OC[C@@H]1Cc2ccc(Cl)cc2O1. The minimum atomic E-state index is -0.0848. The summed E-state index contributed by atoms with van der Waals surface area (Å²) in [4.78, 5) is 0. The van der Waals surface area contributed by atoms with Crippen molar-refractivity contribution in [3.8, 4) is 5.75 Å². The molecule has 64 valence electrons. The van der Waals surface area contributed by atoms with Crippen molar-refractivity contribution in [3.05, 3.63) is 28.8 Å². The van der Waals surface area contributed by atoms with Crippen molar-refractivity contribution in [2.24, 2.45) is 0 Å². The number of ether oxygens (including phenoxy) is 1. The highest BCUT2D eigenvalue weighted by atomic mass is 35.5. The smallest absolute Gasteiger partial charge is 0.126 e. The van der Waals surface area contributed by atoms with Crippen LogP contribution in [0.3, 0.4) is 0 Å². The molecule has 1 aromatic rings. The fourth-order valence-electron chi connectivity index (χ4n) is 1.38. The van der Waals surface area contributed by atoms with Gasteiger partial charge in [-0.2, -0.15) is 0 Å². The molecule has 0 fully saturated rings. The van der Waals surface area contributed by atoms with Gasteiger partial charge in [0.15, 0.2) is 0 Å². The molecule has 0 saturated heterocycles. The summed E-state index contributed by atoms with van der Waals surface area (Å²) in [6.07, 6.45) is 0.696. The van der Waals surface area contributed by atoms with Crippen LogP contribution in [-0.2, 0) is 6.42 Å². The van der Waals surface area contributed by atoms with Crippen molar-refractivity contribution in [2.75, 3.05) is 6.61 Å². The van der Waals surface area contributed by atoms with Crippen molar-refractivity contribution < 1.29 is 9.84 Å². The number of aliphatic hydroxyl groups excluding tert-OH is 1. The first-order chi connectivity index (χ1) is 5.79. The lowest BCUT2D eigenvalue weighted by Gasteiger charge is -2.04. The Labute approximate surface area is 75.7 Å². The van der Waals surface area contributed by atoms with E-state index in [4.69, 9.17) is 21.4 Å². The molecule has 0 radical (unpaired) electrons. The summed E-state index contributed by atoms with van der Waals surface area (Å²) >= 11 is 5.77. The van der Waals surface area contributed by atoms with Crippen molar-refractivity contribution in [1.29, 1.82) is 0 Å². The molecule has 1 heterocycles. The van der Waals surface area contributed by atoms with Gasteiger partial charge in [-0.15, -0.1) is 0 Å². The molecule has 1 aliphatic heterocycles. The second-order valence-electron chi connectivity index (χ2n) is 2.88. The third-order valence-electron chi connectivity index (χ3n) is 1.97. The number of benzene rings is 1. The van der Waals surface area contributed by atoms with Crippen LogP contribution in [-0.4, -0.2) is 17.8 Å². The van der Waals surface area contributed by atoms with Crippen molar-refractivity contribution in [1.82, 2.24) is 0 Å². The fraction of sp³-hybridized carbons (Fsp3) is 0.333. The van der Waals surface area contributed by atoms with Gasteiger partial charge < -0.3 is 9.84 Å². The molecule has 2 nitrogen and oxygen atoms in total. The molecular formula is C9H9ClO2. The molecule has 12 heavy (non-hydrogen) atoms. The molecule has 2 rings (SSSR count). The topological polar surface area (TPSA) is 29.5 Å². The van der Waals surface area contributed by atoms with E-state index in [0.29, 0.717) is 5.02 Å². The van der Waals surface area contributed by atoms with Crippen LogP contribution < -0.4 is 4.74 Å². The molecule has 0 saturated carbocycles. The Morgan fingerprint density at radius 3 is 3.17 bits per heavy atom. The highest BCUT2D eigenvalue weighted by molar-refractivity contribution is 6.30. The van der Waals surface area contributed by atoms with Crippen LogP contribution in [0.5, 0.6) is 5.75 Å². The number of aliphatic hydroxyl groups is 1. The predicted molar refractivity (Wildman–Crippen MR) is 46.7 cm³/mol. The summed E-state index contributed by atoms with van der Waals surface area (Å²) in [6.45, 7) is 0.0618. The lowest BCUT2D eigenvalue weighted by molar-refractivity contribution is 0.134. The first-order valence-corrected chi connectivity index (χ1v) is 4.23. The predicted octanol–water partition coefficient (Wildman–Crippen LogP) is 1.64. The van der Waals surface area contributed by atoms with Crippen molar-refractivity contribution in [3.63, 3.8) is 0 Å². The summed E-state index contributed by atoms with van der Waals surface area (Å²) in [5.74, 6) is 0.807. The standard InChI is InChI=1S/C9H9ClO2/c10-7-2-1-6-3-8(5-11)12-9(6)4-7/h1-2,4,8,11H,3,5H2/t8-/m0/s1. The molecule has 1 atom stereocenters. The summed E-state index contributed by atoms with van der Waals surface area (Å²) < 4.78 is 5.40. The van der Waals surface area contributed by atoms with Crippen LogP contribution in [0.2, 0.25) is 5.02 Å². The van der Waals surface area contributed by atoms with E-state index in [1.807, 2.05) is 12.1 Å². The zero-order valence-electron chi connectivity index (χ0n) is 6.46. The second-order valence-corrected chi connectivity index (χ2v) is 3.32. The van der Waals surface area contributed by atoms with E-state index in [9.17, 15) is 0 Å². The molecule has 1 N–H and O–H groups in total. The number of fused-ring (bicyclic) bond motifs is 1. The summed E-state index contributed by atoms with van der Waals surface area (Å²) in [5, 5.41) is 9.52. The molecule has 0 aromatic heterocycles. The average molecular weight is 185 g/mol. The molecule has 0 bridgehead atoms. The highest BCUT2D eigenvalue weighted by Gasteiger charge is 2.21. The third-order valence-corrected chi connectivity index (χ3v) is 2.21. The Hall–Kier alpha value is -0.730. The second kappa shape index (κ2) is 2.96. The number of hydrogen-bond donors (Lipinski definition) is 1. The van der Waals surface area contributed by atoms with E-state index in [1.165, 1.54) is 0 Å². The minimum Gasteiger partial charge on any atom is -0.487 e. The Morgan fingerprint density at radius 2 is 2.42 bits per heavy atom. The molecule has 3 heteroatoms. The number of rotatable bonds is 1. The minimum absolute atomic E-state index is 0.0618. The zero-order chi connectivity index (χ0) is 8.55. The maximum Gasteiger partial charge on any atom is 0.126 e. The van der Waals surface area contributed by atoms with Crippen LogP contribution >= 0.6 is 11.6 Å². The van der Waals surface area contributed by atoms with Gasteiger partial charge in [0.1, 0.15) is 11.9 Å². The molecule has 0 unspecified atom stereocenters. The van der Waals surface area contributed by atoms with Gasteiger partial charge in [0, 0.05) is 11.4 Å². The van der Waals surface area contributed by atoms with Gasteiger partial charge in [0.05, 0.1) is 6.61 Å². The molecular weight excluding hydrogens is 176 g/mol. The van der Waals surface area contributed by atoms with Crippen molar-refractivity contribution in [2.45, 2.75) is 12.5 Å². The van der Waals surface area contributed by atoms with Crippen LogP contribution in [0, 0.1) is 0 Å². The van der Waals surface area contributed by atoms with E-state index in [2.05, 4.69) is 0 Å². The Balaban J connectivity index is 2.30. The van der Waals surface area contributed by atoms with Gasteiger partial charge in [0.25, 0.3) is 0 Å². The Kier molecular flexibility index (Phi) is 1.95. The first kappa shape index (κ1) is 7.90. The average Bonchev–Trinajstić information content (AvgIpc) is 2.46. The van der Waals surface area contributed by atoms with Crippen molar-refractivity contribution >= 4 is 11.6 Å². The zero-order valence-corrected chi connectivity index (χ0v) is 7.21. The Bertz CT molecular complexity index is 299. The summed E-state index contributed by atoms with van der Waals surface area (Å²) in [6, 6.07) is 5.56. The van der Waals surface area contributed by atoms with E-state index in [0.717, 1.165) is 17.7 Å². The van der Waals surface area contributed by atoms with Crippen LogP contribution in [0.1, 0.15) is 5.56 Å². The highest BCUT2D eigenvalue weighted by Crippen LogP contribution is 2.30. The van der Waals surface area contributed by atoms with Crippen LogP contribution in [0.25, 0.3) is 0 Å². The lowest BCUT2D eigenvalue weighted by atomic mass is 10.1. The van der Waals surface area contributed by atoms with Gasteiger partial charge in [-0.05, 0) is 17.7 Å². The van der Waals surface area contributed by atoms with E-state index in [-0.39, 0.29) is 12.7 Å². The van der Waals surface area contributed by atoms with E-state index in [1.54, 1.807) is 6.07 Å². The summed E-state index contributed by atoms with van der Waals surface area (Å²) in [7, 11) is 0. The molecule has 1 aliphatic rings. The summed E-state index contributed by atoms with van der Waals surface area (Å²) in [5.41, 5.74) is 1.12. The molecule has 0 amide bonds. The fourth-order valence-corrected chi connectivity index (χ4v) is 1.54. The van der Waals surface area contributed by atoms with Gasteiger partial charge in [-0.1, -0.05) is 17.7 Å². The van der Waals surface area contributed by atoms with Gasteiger partial charge in [0.2, 0.25) is 0 Å². The van der Waals surface area contributed by atoms with Crippen LogP contribution in [0.4, 0.5) is 0 Å². The first-order valence-electron chi connectivity index (χ1n) is 3.85. The normalized spacial score (nSPS) is 20.3. The number of halogens is 1. The lowest BCUT2D eigenvalue weighted by Crippen LogP contribution is -2.17. The monoisotopic (exact) mass is 184 g/mol. The van der Waals surface area contributed by atoms with E-state index < -0.39 is 0 Å².